The number of aromatic hydroxyl groups is 6. The van der Waals surface area contributed by atoms with Crippen molar-refractivity contribution >= 4 is 12.2 Å². The predicted molar refractivity (Wildman–Crippen MR) is 155 cm³/mol. The molecule has 4 aromatic carbocycles. The molecule has 7 rings (SSSR count). The zero-order chi connectivity index (χ0) is 29.3. The molecule has 6 N–H and O–H groups in total. The van der Waals surface area contributed by atoms with Crippen LogP contribution >= 0.6 is 0 Å². The van der Waals surface area contributed by atoms with Gasteiger partial charge in [0.1, 0.15) is 46.0 Å². The average molecular weight is 565 g/mol. The number of phenols is 6. The quantitative estimate of drug-likeness (QED) is 0.121. The number of phenolic OH excluding ortho intramolecular Hbond substituents is 6. The molecule has 0 radical (unpaired) electrons. The molecule has 3 aliphatic rings. The number of fused-ring (bicyclic) bond motifs is 4. The van der Waals surface area contributed by atoms with E-state index in [4.69, 9.17) is 9.47 Å². The van der Waals surface area contributed by atoms with E-state index in [0.717, 1.165) is 11.1 Å². The van der Waals surface area contributed by atoms with Crippen molar-refractivity contribution in [2.45, 2.75) is 31.0 Å². The molecule has 2 aliphatic heterocycles. The molecule has 1 aliphatic carbocycles. The topological polar surface area (TPSA) is 140 Å². The lowest BCUT2D eigenvalue weighted by Gasteiger charge is -2.55. The van der Waals surface area contributed by atoms with E-state index >= 15 is 0 Å². The van der Waals surface area contributed by atoms with Gasteiger partial charge in [-0.1, -0.05) is 29.9 Å². The van der Waals surface area contributed by atoms with Crippen LogP contribution in [0.1, 0.15) is 53.0 Å². The molecular weight excluding hydrogens is 536 g/mol. The van der Waals surface area contributed by atoms with Crippen molar-refractivity contribution < 1.29 is 40.1 Å². The third-order valence-electron chi connectivity index (χ3n) is 8.49. The van der Waals surface area contributed by atoms with Crippen LogP contribution in [0, 0.1) is 5.92 Å². The summed E-state index contributed by atoms with van der Waals surface area (Å²) >= 11 is 0. The lowest BCUT2D eigenvalue weighted by Crippen LogP contribution is -2.56. The molecule has 0 spiro atoms. The predicted octanol–water partition coefficient (Wildman–Crippen LogP) is 6.56. The SMILES string of the molecule is CC1=C[C@@H]2c3c(O)cc(C=Cc4ccc(O)cc4O)cc3O[C@@]3(c4ccc(O)cc4O)Oc4cc(O)ccc4[C@H](C1)[C@@H]23. The Balaban J connectivity index is 1.44. The summed E-state index contributed by atoms with van der Waals surface area (Å²) in [6.45, 7) is 2.04. The molecule has 0 bridgehead atoms. The highest BCUT2D eigenvalue weighted by Crippen LogP contribution is 2.65. The number of rotatable bonds is 3. The minimum absolute atomic E-state index is 0.0238. The minimum atomic E-state index is -1.57. The second-order valence-corrected chi connectivity index (χ2v) is 11.2. The highest BCUT2D eigenvalue weighted by molar-refractivity contribution is 5.75. The van der Waals surface area contributed by atoms with Gasteiger partial charge in [-0.3, -0.25) is 0 Å². The molecule has 2 heterocycles. The zero-order valence-corrected chi connectivity index (χ0v) is 22.5. The van der Waals surface area contributed by atoms with Crippen molar-refractivity contribution in [1.29, 1.82) is 0 Å². The van der Waals surface area contributed by atoms with Crippen LogP contribution in [0.3, 0.4) is 0 Å². The normalized spacial score (nSPS) is 23.6. The summed E-state index contributed by atoms with van der Waals surface area (Å²) in [4.78, 5) is 0. The van der Waals surface area contributed by atoms with Gasteiger partial charge in [0.25, 0.3) is 5.79 Å². The van der Waals surface area contributed by atoms with E-state index in [0.29, 0.717) is 40.2 Å². The van der Waals surface area contributed by atoms with E-state index in [9.17, 15) is 30.6 Å². The van der Waals surface area contributed by atoms with E-state index in [-0.39, 0.29) is 46.3 Å². The molecule has 0 aromatic heterocycles. The lowest BCUT2D eigenvalue weighted by atomic mass is 9.61. The third-order valence-corrected chi connectivity index (χ3v) is 8.49. The average Bonchev–Trinajstić information content (AvgIpc) is 2.91. The molecule has 0 saturated carbocycles. The Labute approximate surface area is 241 Å². The molecule has 0 fully saturated rings. The van der Waals surface area contributed by atoms with Crippen LogP contribution in [-0.2, 0) is 5.79 Å². The Morgan fingerprint density at radius 1 is 0.714 bits per heavy atom. The van der Waals surface area contributed by atoms with Crippen molar-refractivity contribution in [2.75, 3.05) is 0 Å². The highest BCUT2D eigenvalue weighted by atomic mass is 16.7. The molecule has 4 atom stereocenters. The van der Waals surface area contributed by atoms with E-state index in [1.807, 2.05) is 13.0 Å². The number of hydrogen-bond donors (Lipinski definition) is 6. The Bertz CT molecular complexity index is 1820. The second-order valence-electron chi connectivity index (χ2n) is 11.2. The smallest absolute Gasteiger partial charge is 0.285 e. The number of ether oxygens (including phenoxy) is 2. The summed E-state index contributed by atoms with van der Waals surface area (Å²) in [6.07, 6.45) is 6.14. The van der Waals surface area contributed by atoms with Crippen LogP contribution in [0.15, 0.2) is 78.4 Å². The van der Waals surface area contributed by atoms with E-state index < -0.39 is 11.7 Å². The summed E-state index contributed by atoms with van der Waals surface area (Å²) in [5, 5.41) is 62.8. The molecule has 8 nitrogen and oxygen atoms in total. The van der Waals surface area contributed by atoms with Crippen LogP contribution < -0.4 is 9.47 Å². The summed E-state index contributed by atoms with van der Waals surface area (Å²) < 4.78 is 13.4. The van der Waals surface area contributed by atoms with Crippen molar-refractivity contribution in [2.24, 2.45) is 5.92 Å². The number of hydrogen-bond acceptors (Lipinski definition) is 8. The van der Waals surface area contributed by atoms with Gasteiger partial charge in [-0.25, -0.2) is 0 Å². The first kappa shape index (κ1) is 25.7. The minimum Gasteiger partial charge on any atom is -0.508 e. The van der Waals surface area contributed by atoms with Crippen molar-refractivity contribution in [1.82, 2.24) is 0 Å². The number of allylic oxidation sites excluding steroid dienone is 2. The zero-order valence-electron chi connectivity index (χ0n) is 22.5. The molecule has 42 heavy (non-hydrogen) atoms. The van der Waals surface area contributed by atoms with Gasteiger partial charge in [-0.05, 0) is 66.9 Å². The summed E-state index contributed by atoms with van der Waals surface area (Å²) in [6, 6.07) is 16.9. The van der Waals surface area contributed by atoms with Gasteiger partial charge in [0.15, 0.2) is 0 Å². The largest absolute Gasteiger partial charge is 0.508 e. The first-order valence-electron chi connectivity index (χ1n) is 13.6. The van der Waals surface area contributed by atoms with E-state index in [2.05, 4.69) is 6.08 Å². The van der Waals surface area contributed by atoms with Gasteiger partial charge >= 0.3 is 0 Å². The maximum atomic E-state index is 11.4. The molecule has 8 heteroatoms. The van der Waals surface area contributed by atoms with Crippen molar-refractivity contribution in [3.8, 4) is 46.0 Å². The van der Waals surface area contributed by atoms with Gasteiger partial charge in [-0.15, -0.1) is 0 Å². The van der Waals surface area contributed by atoms with Crippen molar-refractivity contribution in [3.05, 3.63) is 106 Å². The van der Waals surface area contributed by atoms with Crippen LogP contribution in [-0.4, -0.2) is 30.6 Å². The highest BCUT2D eigenvalue weighted by Gasteiger charge is 2.61. The Morgan fingerprint density at radius 3 is 2.17 bits per heavy atom. The standard InChI is InChI=1S/C34H28O8/c1-17-10-24-23-8-6-22(37)16-30(23)41-34(26-9-7-21(36)15-28(26)39)33(24)25(11-17)32-29(40)12-18(13-31(32)42-34)2-3-19-4-5-20(35)14-27(19)38/h2-9,11-16,24-25,33,35-40H,10H2,1H3/t24-,25+,33-,34+/m0/s1. The van der Waals surface area contributed by atoms with Gasteiger partial charge in [-0.2, -0.15) is 0 Å². The van der Waals surface area contributed by atoms with Crippen LogP contribution in [0.25, 0.3) is 12.2 Å². The fraction of sp³-hybridized carbons (Fsp3) is 0.176. The third kappa shape index (κ3) is 3.90. The van der Waals surface area contributed by atoms with Crippen LogP contribution in [0.2, 0.25) is 0 Å². The molecule has 0 unspecified atom stereocenters. The molecule has 212 valence electrons. The fourth-order valence-electron chi connectivity index (χ4n) is 6.78. The second kappa shape index (κ2) is 9.14. The van der Waals surface area contributed by atoms with Gasteiger partial charge in [0.05, 0.1) is 11.5 Å². The van der Waals surface area contributed by atoms with E-state index in [1.54, 1.807) is 42.5 Å². The Hall–Kier alpha value is -5.24. The molecular formula is C34H28O8. The molecule has 0 amide bonds. The lowest BCUT2D eigenvalue weighted by molar-refractivity contribution is -0.198. The van der Waals surface area contributed by atoms with Crippen LogP contribution in [0.5, 0.6) is 46.0 Å². The monoisotopic (exact) mass is 564 g/mol. The summed E-state index contributed by atoms with van der Waals surface area (Å²) in [7, 11) is 0. The first-order valence-corrected chi connectivity index (χ1v) is 13.6. The van der Waals surface area contributed by atoms with E-state index in [1.165, 1.54) is 30.3 Å². The Kier molecular flexibility index (Phi) is 5.59. The molecule has 0 saturated heterocycles. The fourth-order valence-corrected chi connectivity index (χ4v) is 6.78. The van der Waals surface area contributed by atoms with Crippen molar-refractivity contribution in [3.63, 3.8) is 0 Å². The van der Waals surface area contributed by atoms with Crippen LogP contribution in [0.4, 0.5) is 0 Å². The Morgan fingerprint density at radius 2 is 1.40 bits per heavy atom. The molecule has 4 aromatic rings. The van der Waals surface area contributed by atoms with Gasteiger partial charge in [0, 0.05) is 41.2 Å². The maximum absolute atomic E-state index is 11.4. The first-order chi connectivity index (χ1) is 20.1. The summed E-state index contributed by atoms with van der Waals surface area (Å²) in [5.74, 6) is -2.16. The number of benzene rings is 4. The van der Waals surface area contributed by atoms with Gasteiger partial charge < -0.3 is 40.1 Å². The van der Waals surface area contributed by atoms with Gasteiger partial charge in [0.2, 0.25) is 0 Å². The summed E-state index contributed by atoms with van der Waals surface area (Å²) in [5.41, 5.74) is 3.95. The maximum Gasteiger partial charge on any atom is 0.285 e.